The summed E-state index contributed by atoms with van der Waals surface area (Å²) in [5.74, 6) is 6.61. The molecule has 3 N–H and O–H groups in total. The number of ether oxygens (including phenoxy) is 1. The summed E-state index contributed by atoms with van der Waals surface area (Å²) in [5, 5.41) is 4.58. The molecule has 0 aliphatic heterocycles. The number of hydrogen-bond donors (Lipinski definition) is 2. The molecule has 0 amide bonds. The van der Waals surface area contributed by atoms with E-state index in [0.717, 1.165) is 23.4 Å². The summed E-state index contributed by atoms with van der Waals surface area (Å²) in [6, 6.07) is 10.3. The standard InChI is InChI=1S/C16H24N4O/c1-4-21-16-8-6-5-7-14(16)15(18-17)11-13-9-10-20(19-13)12(2)3/h5-10,12,15,18H,4,11,17H2,1-3H3. The van der Waals surface area contributed by atoms with Gasteiger partial charge in [-0.15, -0.1) is 0 Å². The number of hydrogen-bond acceptors (Lipinski definition) is 4. The maximum Gasteiger partial charge on any atom is 0.124 e. The van der Waals surface area contributed by atoms with Gasteiger partial charge in [0.05, 0.1) is 18.3 Å². The van der Waals surface area contributed by atoms with Gasteiger partial charge < -0.3 is 4.74 Å². The summed E-state index contributed by atoms with van der Waals surface area (Å²) in [6.45, 7) is 6.84. The second-order valence-corrected chi connectivity index (χ2v) is 5.28. The zero-order valence-corrected chi connectivity index (χ0v) is 12.9. The second kappa shape index (κ2) is 7.24. The van der Waals surface area contributed by atoms with Crippen molar-refractivity contribution >= 4 is 0 Å². The molecule has 0 bridgehead atoms. The normalized spacial score (nSPS) is 12.6. The second-order valence-electron chi connectivity index (χ2n) is 5.28. The third-order valence-corrected chi connectivity index (χ3v) is 3.40. The molecule has 2 aromatic rings. The number of para-hydroxylation sites is 1. The lowest BCUT2D eigenvalue weighted by molar-refractivity contribution is 0.331. The Balaban J connectivity index is 2.19. The number of rotatable bonds is 7. The highest BCUT2D eigenvalue weighted by Crippen LogP contribution is 2.27. The molecule has 114 valence electrons. The van der Waals surface area contributed by atoms with Crippen LogP contribution in [-0.4, -0.2) is 16.4 Å². The third kappa shape index (κ3) is 3.83. The van der Waals surface area contributed by atoms with E-state index in [2.05, 4.69) is 24.4 Å². The fraction of sp³-hybridized carbons (Fsp3) is 0.438. The van der Waals surface area contributed by atoms with Crippen LogP contribution in [0, 0.1) is 0 Å². The summed E-state index contributed by atoms with van der Waals surface area (Å²) in [7, 11) is 0. The Hall–Kier alpha value is -1.85. The SMILES string of the molecule is CCOc1ccccc1C(Cc1ccn(C(C)C)n1)NN. The van der Waals surface area contributed by atoms with Crippen molar-refractivity contribution < 1.29 is 4.74 Å². The smallest absolute Gasteiger partial charge is 0.124 e. The fourth-order valence-electron chi connectivity index (χ4n) is 2.30. The van der Waals surface area contributed by atoms with Gasteiger partial charge in [-0.2, -0.15) is 5.10 Å². The van der Waals surface area contributed by atoms with E-state index in [1.807, 2.05) is 48.1 Å². The molecule has 1 heterocycles. The molecule has 2 rings (SSSR count). The number of nitrogens with zero attached hydrogens (tertiary/aromatic N) is 2. The molecule has 1 aromatic carbocycles. The van der Waals surface area contributed by atoms with Crippen molar-refractivity contribution in [3.8, 4) is 5.75 Å². The van der Waals surface area contributed by atoms with E-state index in [0.29, 0.717) is 12.6 Å². The van der Waals surface area contributed by atoms with Gasteiger partial charge in [0.1, 0.15) is 5.75 Å². The predicted molar refractivity (Wildman–Crippen MR) is 84.0 cm³/mol. The van der Waals surface area contributed by atoms with E-state index in [9.17, 15) is 0 Å². The first-order valence-electron chi connectivity index (χ1n) is 7.37. The maximum atomic E-state index is 5.74. The Bertz CT molecular complexity index is 565. The molecular weight excluding hydrogens is 264 g/mol. The van der Waals surface area contributed by atoms with E-state index in [1.54, 1.807) is 0 Å². The van der Waals surface area contributed by atoms with Crippen LogP contribution in [0.15, 0.2) is 36.5 Å². The van der Waals surface area contributed by atoms with Crippen LogP contribution in [-0.2, 0) is 6.42 Å². The zero-order valence-electron chi connectivity index (χ0n) is 12.9. The number of hydrazine groups is 1. The third-order valence-electron chi connectivity index (χ3n) is 3.40. The van der Waals surface area contributed by atoms with Crippen LogP contribution in [0.3, 0.4) is 0 Å². The molecule has 0 aliphatic carbocycles. The van der Waals surface area contributed by atoms with E-state index in [-0.39, 0.29) is 6.04 Å². The largest absolute Gasteiger partial charge is 0.494 e. The molecule has 5 nitrogen and oxygen atoms in total. The van der Waals surface area contributed by atoms with Gasteiger partial charge >= 0.3 is 0 Å². The molecule has 0 fully saturated rings. The van der Waals surface area contributed by atoms with E-state index < -0.39 is 0 Å². The van der Waals surface area contributed by atoms with Gasteiger partial charge in [-0.1, -0.05) is 18.2 Å². The molecule has 0 radical (unpaired) electrons. The Morgan fingerprint density at radius 3 is 2.67 bits per heavy atom. The molecular formula is C16H24N4O. The summed E-state index contributed by atoms with van der Waals surface area (Å²) in [4.78, 5) is 0. The highest BCUT2D eigenvalue weighted by atomic mass is 16.5. The lowest BCUT2D eigenvalue weighted by atomic mass is 10.0. The molecule has 0 aliphatic rings. The van der Waals surface area contributed by atoms with Crippen LogP contribution in [0.2, 0.25) is 0 Å². The van der Waals surface area contributed by atoms with Crippen molar-refractivity contribution in [3.63, 3.8) is 0 Å². The first kappa shape index (κ1) is 15.5. The van der Waals surface area contributed by atoms with Crippen molar-refractivity contribution in [2.24, 2.45) is 5.84 Å². The Morgan fingerprint density at radius 2 is 2.05 bits per heavy atom. The minimum atomic E-state index is -0.0248. The van der Waals surface area contributed by atoms with Crippen molar-refractivity contribution in [2.45, 2.75) is 39.3 Å². The summed E-state index contributed by atoms with van der Waals surface area (Å²) in [6.07, 6.45) is 2.72. The number of aromatic nitrogens is 2. The van der Waals surface area contributed by atoms with Crippen LogP contribution in [0.5, 0.6) is 5.75 Å². The number of nitrogens with one attached hydrogen (secondary N) is 1. The van der Waals surface area contributed by atoms with Gasteiger partial charge in [-0.25, -0.2) is 0 Å². The fourth-order valence-corrected chi connectivity index (χ4v) is 2.30. The van der Waals surface area contributed by atoms with Crippen molar-refractivity contribution in [1.82, 2.24) is 15.2 Å². The van der Waals surface area contributed by atoms with Crippen LogP contribution < -0.4 is 16.0 Å². The summed E-state index contributed by atoms with van der Waals surface area (Å²) in [5.41, 5.74) is 4.94. The molecule has 21 heavy (non-hydrogen) atoms. The number of benzene rings is 1. The minimum absolute atomic E-state index is 0.0248. The average Bonchev–Trinajstić information content (AvgIpc) is 2.95. The molecule has 0 saturated carbocycles. The highest BCUT2D eigenvalue weighted by Gasteiger charge is 2.16. The van der Waals surface area contributed by atoms with E-state index in [1.165, 1.54) is 0 Å². The maximum absolute atomic E-state index is 5.74. The monoisotopic (exact) mass is 288 g/mol. The molecule has 1 aromatic heterocycles. The van der Waals surface area contributed by atoms with Crippen molar-refractivity contribution in [3.05, 3.63) is 47.8 Å². The van der Waals surface area contributed by atoms with Crippen LogP contribution in [0.4, 0.5) is 0 Å². The van der Waals surface area contributed by atoms with Crippen molar-refractivity contribution in [2.75, 3.05) is 6.61 Å². The minimum Gasteiger partial charge on any atom is -0.494 e. The van der Waals surface area contributed by atoms with Crippen molar-refractivity contribution in [1.29, 1.82) is 0 Å². The summed E-state index contributed by atoms with van der Waals surface area (Å²) < 4.78 is 7.64. The first-order valence-corrected chi connectivity index (χ1v) is 7.37. The molecule has 0 saturated heterocycles. The Labute approximate surface area is 126 Å². The summed E-state index contributed by atoms with van der Waals surface area (Å²) >= 11 is 0. The van der Waals surface area contributed by atoms with Gasteiger partial charge in [0.15, 0.2) is 0 Å². The van der Waals surface area contributed by atoms with Crippen LogP contribution in [0.25, 0.3) is 0 Å². The van der Waals surface area contributed by atoms with Gasteiger partial charge in [0, 0.05) is 24.2 Å². The predicted octanol–water partition coefficient (Wildman–Crippen LogP) is 2.61. The number of nitrogens with two attached hydrogens (primary N) is 1. The Morgan fingerprint density at radius 1 is 1.29 bits per heavy atom. The van der Waals surface area contributed by atoms with Gasteiger partial charge in [0.2, 0.25) is 0 Å². The lowest BCUT2D eigenvalue weighted by Crippen LogP contribution is -2.30. The molecule has 0 spiro atoms. The molecule has 1 unspecified atom stereocenters. The Kier molecular flexibility index (Phi) is 5.36. The molecule has 1 atom stereocenters. The molecule has 5 heteroatoms. The first-order chi connectivity index (χ1) is 10.2. The average molecular weight is 288 g/mol. The lowest BCUT2D eigenvalue weighted by Gasteiger charge is -2.18. The topological polar surface area (TPSA) is 65.1 Å². The van der Waals surface area contributed by atoms with Crippen LogP contribution in [0.1, 0.15) is 44.1 Å². The van der Waals surface area contributed by atoms with Gasteiger partial charge in [-0.3, -0.25) is 16.0 Å². The van der Waals surface area contributed by atoms with E-state index >= 15 is 0 Å². The quantitative estimate of drug-likeness (QED) is 0.607. The van der Waals surface area contributed by atoms with Crippen LogP contribution >= 0.6 is 0 Å². The van der Waals surface area contributed by atoms with E-state index in [4.69, 9.17) is 10.6 Å². The van der Waals surface area contributed by atoms with Gasteiger partial charge in [-0.05, 0) is 32.9 Å². The van der Waals surface area contributed by atoms with Gasteiger partial charge in [0.25, 0.3) is 0 Å². The highest BCUT2D eigenvalue weighted by molar-refractivity contribution is 5.36. The zero-order chi connectivity index (χ0) is 15.2.